The van der Waals surface area contributed by atoms with E-state index in [9.17, 15) is 18.0 Å². The number of halogens is 3. The number of carbonyl (C=O) groups is 1. The van der Waals surface area contributed by atoms with Gasteiger partial charge in [-0.3, -0.25) is 0 Å². The smallest absolute Gasteiger partial charge is 0.416 e. The molecule has 0 fully saturated rings. The molecule has 0 bridgehead atoms. The number of benzene rings is 1. The number of carbonyl (C=O) groups excluding carboxylic acids is 3. The second-order valence-corrected chi connectivity index (χ2v) is 3.99. The van der Waals surface area contributed by atoms with Crippen LogP contribution in [0.2, 0.25) is 0 Å². The lowest BCUT2D eigenvalue weighted by atomic mass is 10.1. The Bertz CT molecular complexity index is 520. The van der Waals surface area contributed by atoms with E-state index in [2.05, 4.69) is 4.74 Å². The first kappa shape index (κ1) is 19.7. The van der Waals surface area contributed by atoms with Gasteiger partial charge in [0, 0.05) is 0 Å². The Labute approximate surface area is 125 Å². The molecule has 0 aromatic heterocycles. The van der Waals surface area contributed by atoms with Crippen LogP contribution in [0.3, 0.4) is 0 Å². The van der Waals surface area contributed by atoms with Crippen molar-refractivity contribution in [2.75, 3.05) is 13.7 Å². The summed E-state index contributed by atoms with van der Waals surface area (Å²) in [5.74, 6) is -0.824. The van der Waals surface area contributed by atoms with Gasteiger partial charge in [0.1, 0.15) is 11.3 Å². The van der Waals surface area contributed by atoms with Gasteiger partial charge in [-0.1, -0.05) is 13.3 Å². The standard InChI is InChI=1S/C13H15F3O3.CO2/c1-3-4-7-19-11-8-9(13(14,15)16)5-6-10(11)12(17)18-2;2-1-3/h5-6,8H,3-4,7H2,1-2H3;. The van der Waals surface area contributed by atoms with Gasteiger partial charge in [-0.05, 0) is 24.6 Å². The quantitative estimate of drug-likeness (QED) is 0.616. The van der Waals surface area contributed by atoms with Crippen LogP contribution < -0.4 is 4.74 Å². The zero-order chi connectivity index (χ0) is 17.2. The van der Waals surface area contributed by atoms with Crippen LogP contribution in [0.4, 0.5) is 13.2 Å². The number of esters is 1. The fourth-order valence-corrected chi connectivity index (χ4v) is 1.42. The third-order valence-corrected chi connectivity index (χ3v) is 2.47. The molecule has 22 heavy (non-hydrogen) atoms. The van der Waals surface area contributed by atoms with Crippen LogP contribution in [0.15, 0.2) is 18.2 Å². The summed E-state index contributed by atoms with van der Waals surface area (Å²) in [5, 5.41) is 0. The van der Waals surface area contributed by atoms with Crippen molar-refractivity contribution >= 4 is 12.1 Å². The molecule has 1 aromatic rings. The van der Waals surface area contributed by atoms with Crippen molar-refractivity contribution < 1.29 is 37.0 Å². The Hall–Kier alpha value is -2.34. The lowest BCUT2D eigenvalue weighted by molar-refractivity contribution is -0.191. The lowest BCUT2D eigenvalue weighted by Crippen LogP contribution is -2.10. The van der Waals surface area contributed by atoms with Crippen molar-refractivity contribution in [1.29, 1.82) is 0 Å². The SMILES string of the molecule is CCCCOc1cc(C(F)(F)F)ccc1C(=O)OC.O=C=O. The van der Waals surface area contributed by atoms with Crippen LogP contribution >= 0.6 is 0 Å². The number of alkyl halides is 3. The summed E-state index contributed by atoms with van der Waals surface area (Å²) < 4.78 is 47.5. The molecule has 122 valence electrons. The second-order valence-electron chi connectivity index (χ2n) is 3.99. The normalized spacial score (nSPS) is 10.0. The molecule has 0 N–H and O–H groups in total. The number of rotatable bonds is 5. The minimum absolute atomic E-state index is 0.00777. The van der Waals surface area contributed by atoms with Crippen molar-refractivity contribution in [2.45, 2.75) is 25.9 Å². The van der Waals surface area contributed by atoms with Crippen molar-refractivity contribution in [3.63, 3.8) is 0 Å². The number of unbranched alkanes of at least 4 members (excludes halogenated alkanes) is 1. The summed E-state index contributed by atoms with van der Waals surface area (Å²) in [7, 11) is 1.16. The maximum Gasteiger partial charge on any atom is 0.416 e. The predicted molar refractivity (Wildman–Crippen MR) is 68.2 cm³/mol. The highest BCUT2D eigenvalue weighted by atomic mass is 19.4. The van der Waals surface area contributed by atoms with E-state index >= 15 is 0 Å². The van der Waals surface area contributed by atoms with E-state index in [1.54, 1.807) is 0 Å². The molecule has 5 nitrogen and oxygen atoms in total. The summed E-state index contributed by atoms with van der Waals surface area (Å²) in [6, 6.07) is 2.72. The Morgan fingerprint density at radius 1 is 1.27 bits per heavy atom. The summed E-state index contributed by atoms with van der Waals surface area (Å²) in [5.41, 5.74) is -0.863. The van der Waals surface area contributed by atoms with E-state index in [1.165, 1.54) is 0 Å². The maximum absolute atomic E-state index is 12.6. The van der Waals surface area contributed by atoms with Gasteiger partial charge in [-0.25, -0.2) is 4.79 Å². The minimum atomic E-state index is -4.47. The molecule has 0 amide bonds. The highest BCUT2D eigenvalue weighted by Crippen LogP contribution is 2.33. The first-order chi connectivity index (χ1) is 10.3. The molecule has 0 saturated heterocycles. The molecule has 0 heterocycles. The number of ether oxygens (including phenoxy) is 2. The fraction of sp³-hybridized carbons (Fsp3) is 0.429. The van der Waals surface area contributed by atoms with Crippen LogP contribution in [0, 0.1) is 0 Å². The first-order valence-electron chi connectivity index (χ1n) is 6.23. The zero-order valence-corrected chi connectivity index (χ0v) is 12.0. The second kappa shape index (κ2) is 9.57. The third kappa shape index (κ3) is 6.41. The van der Waals surface area contributed by atoms with Gasteiger partial charge in [-0.2, -0.15) is 22.8 Å². The Balaban J connectivity index is 0.00000135. The molecular weight excluding hydrogens is 305 g/mol. The molecule has 0 atom stereocenters. The van der Waals surface area contributed by atoms with Gasteiger partial charge in [0.05, 0.1) is 19.3 Å². The molecule has 0 aliphatic heterocycles. The minimum Gasteiger partial charge on any atom is -0.493 e. The van der Waals surface area contributed by atoms with Crippen LogP contribution in [0.1, 0.15) is 35.7 Å². The molecule has 0 radical (unpaired) electrons. The summed E-state index contributed by atoms with van der Waals surface area (Å²) in [6.07, 6.45) is -2.69. The van der Waals surface area contributed by atoms with Crippen molar-refractivity contribution in [3.05, 3.63) is 29.3 Å². The number of hydrogen-bond acceptors (Lipinski definition) is 5. The highest BCUT2D eigenvalue weighted by molar-refractivity contribution is 5.92. The van der Waals surface area contributed by atoms with Gasteiger partial charge in [0.2, 0.25) is 0 Å². The van der Waals surface area contributed by atoms with Crippen LogP contribution in [0.25, 0.3) is 0 Å². The van der Waals surface area contributed by atoms with Gasteiger partial charge >= 0.3 is 18.3 Å². The summed E-state index contributed by atoms with van der Waals surface area (Å²) >= 11 is 0. The lowest BCUT2D eigenvalue weighted by Gasteiger charge is -2.13. The van der Waals surface area contributed by atoms with E-state index in [0.29, 0.717) is 6.42 Å². The van der Waals surface area contributed by atoms with E-state index in [0.717, 1.165) is 31.7 Å². The van der Waals surface area contributed by atoms with Crippen LogP contribution in [-0.2, 0) is 20.5 Å². The molecule has 0 aliphatic carbocycles. The summed E-state index contributed by atoms with van der Waals surface area (Å²) in [6.45, 7) is 2.18. The van der Waals surface area contributed by atoms with Gasteiger partial charge in [0.15, 0.2) is 0 Å². The Morgan fingerprint density at radius 2 is 1.86 bits per heavy atom. The molecule has 1 rings (SSSR count). The van der Waals surface area contributed by atoms with E-state index < -0.39 is 17.7 Å². The van der Waals surface area contributed by atoms with Crippen LogP contribution in [0.5, 0.6) is 5.75 Å². The molecule has 8 heteroatoms. The predicted octanol–water partition coefficient (Wildman–Crippen LogP) is 3.09. The Morgan fingerprint density at radius 3 is 2.32 bits per heavy atom. The summed E-state index contributed by atoms with van der Waals surface area (Å²) in [4.78, 5) is 27.7. The van der Waals surface area contributed by atoms with Crippen molar-refractivity contribution in [1.82, 2.24) is 0 Å². The number of methoxy groups -OCH3 is 1. The Kier molecular flexibility index (Phi) is 8.55. The molecular formula is C14H15F3O5. The number of hydrogen-bond donors (Lipinski definition) is 0. The largest absolute Gasteiger partial charge is 0.493 e. The van der Waals surface area contributed by atoms with E-state index in [1.807, 2.05) is 6.92 Å². The highest BCUT2D eigenvalue weighted by Gasteiger charge is 2.32. The van der Waals surface area contributed by atoms with E-state index in [4.69, 9.17) is 14.3 Å². The fourth-order valence-electron chi connectivity index (χ4n) is 1.42. The van der Waals surface area contributed by atoms with Crippen molar-refractivity contribution in [2.24, 2.45) is 0 Å². The molecule has 0 spiro atoms. The molecule has 0 unspecified atom stereocenters. The van der Waals surface area contributed by atoms with Crippen LogP contribution in [-0.4, -0.2) is 25.8 Å². The first-order valence-corrected chi connectivity index (χ1v) is 6.23. The average Bonchev–Trinajstić information content (AvgIpc) is 2.46. The molecule has 1 aromatic carbocycles. The van der Waals surface area contributed by atoms with Crippen molar-refractivity contribution in [3.8, 4) is 5.75 Å². The molecule has 0 aliphatic rings. The molecule has 0 saturated carbocycles. The third-order valence-electron chi connectivity index (χ3n) is 2.47. The van der Waals surface area contributed by atoms with E-state index in [-0.39, 0.29) is 24.1 Å². The van der Waals surface area contributed by atoms with Gasteiger partial charge in [-0.15, -0.1) is 0 Å². The average molecular weight is 320 g/mol. The van der Waals surface area contributed by atoms with Gasteiger partial charge in [0.25, 0.3) is 0 Å². The zero-order valence-electron chi connectivity index (χ0n) is 12.0. The van der Waals surface area contributed by atoms with Gasteiger partial charge < -0.3 is 9.47 Å². The monoisotopic (exact) mass is 320 g/mol. The maximum atomic E-state index is 12.6. The topological polar surface area (TPSA) is 69.7 Å².